The Bertz CT molecular complexity index is 657. The summed E-state index contributed by atoms with van der Waals surface area (Å²) in [7, 11) is 0. The van der Waals surface area contributed by atoms with E-state index in [0.717, 1.165) is 17.7 Å². The van der Waals surface area contributed by atoms with E-state index in [2.05, 4.69) is 0 Å². The lowest BCUT2D eigenvalue weighted by Crippen LogP contribution is -1.94. The fourth-order valence-corrected chi connectivity index (χ4v) is 1.64. The van der Waals surface area contributed by atoms with E-state index in [-0.39, 0.29) is 11.3 Å². The summed E-state index contributed by atoms with van der Waals surface area (Å²) in [6.07, 6.45) is 0. The van der Waals surface area contributed by atoms with Gasteiger partial charge in [0, 0.05) is 5.02 Å². The fraction of sp³-hybridized carbons (Fsp3) is 0.0714. The van der Waals surface area contributed by atoms with Crippen LogP contribution in [0.4, 0.5) is 8.78 Å². The van der Waals surface area contributed by atoms with Crippen molar-refractivity contribution in [3.05, 3.63) is 58.1 Å². The Morgan fingerprint density at radius 3 is 2.32 bits per heavy atom. The average Bonchev–Trinajstić information content (AvgIpc) is 2.37. The van der Waals surface area contributed by atoms with Crippen molar-refractivity contribution in [2.24, 2.45) is 0 Å². The van der Waals surface area contributed by atoms with Crippen LogP contribution >= 0.6 is 11.6 Å². The Balaban J connectivity index is 2.38. The molecular formula is C14H8ClF2NO. The van der Waals surface area contributed by atoms with E-state index in [4.69, 9.17) is 21.6 Å². The van der Waals surface area contributed by atoms with Crippen molar-refractivity contribution in [2.75, 3.05) is 0 Å². The predicted molar refractivity (Wildman–Crippen MR) is 67.3 cm³/mol. The molecule has 0 aliphatic carbocycles. The minimum atomic E-state index is -0.927. The van der Waals surface area contributed by atoms with Crippen LogP contribution in [0.1, 0.15) is 11.1 Å². The van der Waals surface area contributed by atoms with Gasteiger partial charge in [-0.1, -0.05) is 11.6 Å². The van der Waals surface area contributed by atoms with Crippen molar-refractivity contribution >= 4 is 11.6 Å². The monoisotopic (exact) mass is 279 g/mol. The molecule has 19 heavy (non-hydrogen) atoms. The SMILES string of the molecule is Cc1cc(Oc2c(F)cc(C#N)cc2F)ccc1Cl. The Hall–Kier alpha value is -2.12. The van der Waals surface area contributed by atoms with Gasteiger partial charge in [-0.15, -0.1) is 0 Å². The summed E-state index contributed by atoms with van der Waals surface area (Å²) in [6, 6.07) is 8.15. The number of nitriles is 1. The second kappa shape index (κ2) is 5.25. The molecule has 0 aliphatic heterocycles. The predicted octanol–water partition coefficient (Wildman–Crippen LogP) is 4.59. The largest absolute Gasteiger partial charge is 0.451 e. The Kier molecular flexibility index (Phi) is 3.68. The Morgan fingerprint density at radius 2 is 1.79 bits per heavy atom. The minimum Gasteiger partial charge on any atom is -0.451 e. The molecule has 0 saturated carbocycles. The quantitative estimate of drug-likeness (QED) is 0.805. The lowest BCUT2D eigenvalue weighted by Gasteiger charge is -2.09. The molecule has 0 aliphatic rings. The zero-order valence-electron chi connectivity index (χ0n) is 9.88. The molecule has 0 fully saturated rings. The van der Waals surface area contributed by atoms with E-state index in [1.807, 2.05) is 0 Å². The van der Waals surface area contributed by atoms with E-state index in [0.29, 0.717) is 5.02 Å². The topological polar surface area (TPSA) is 33.0 Å². The first-order valence-corrected chi connectivity index (χ1v) is 5.72. The summed E-state index contributed by atoms with van der Waals surface area (Å²) in [5.74, 6) is -2.13. The highest BCUT2D eigenvalue weighted by Gasteiger charge is 2.14. The molecule has 0 aromatic heterocycles. The molecule has 96 valence electrons. The summed E-state index contributed by atoms with van der Waals surface area (Å²) < 4.78 is 32.4. The number of halogens is 3. The van der Waals surface area contributed by atoms with Crippen LogP contribution in [0.25, 0.3) is 0 Å². The molecule has 2 rings (SSSR count). The van der Waals surface area contributed by atoms with Crippen LogP contribution in [0, 0.1) is 29.9 Å². The van der Waals surface area contributed by atoms with Crippen molar-refractivity contribution in [2.45, 2.75) is 6.92 Å². The molecule has 0 spiro atoms. The lowest BCUT2D eigenvalue weighted by atomic mass is 10.2. The van der Waals surface area contributed by atoms with Crippen LogP contribution in [0.2, 0.25) is 5.02 Å². The van der Waals surface area contributed by atoms with Crippen LogP contribution in [0.15, 0.2) is 30.3 Å². The number of nitrogens with zero attached hydrogens (tertiary/aromatic N) is 1. The highest BCUT2D eigenvalue weighted by Crippen LogP contribution is 2.30. The molecule has 0 bridgehead atoms. The summed E-state index contributed by atoms with van der Waals surface area (Å²) >= 11 is 5.85. The van der Waals surface area contributed by atoms with E-state index >= 15 is 0 Å². The standard InChI is InChI=1S/C14H8ClF2NO/c1-8-4-10(2-3-11(8)15)19-14-12(16)5-9(7-18)6-13(14)17/h2-6H,1H3. The second-order valence-electron chi connectivity index (χ2n) is 3.89. The van der Waals surface area contributed by atoms with Gasteiger partial charge >= 0.3 is 0 Å². The van der Waals surface area contributed by atoms with Crippen LogP contribution in [-0.4, -0.2) is 0 Å². The normalized spacial score (nSPS) is 10.1. The smallest absolute Gasteiger partial charge is 0.198 e. The first-order valence-electron chi connectivity index (χ1n) is 5.34. The third kappa shape index (κ3) is 2.83. The van der Waals surface area contributed by atoms with Crippen molar-refractivity contribution in [3.63, 3.8) is 0 Å². The Morgan fingerprint density at radius 1 is 1.16 bits per heavy atom. The molecule has 5 heteroatoms. The number of ether oxygens (including phenoxy) is 1. The molecule has 2 aromatic carbocycles. The number of benzene rings is 2. The molecule has 0 unspecified atom stereocenters. The van der Waals surface area contributed by atoms with Crippen molar-refractivity contribution < 1.29 is 13.5 Å². The number of hydrogen-bond acceptors (Lipinski definition) is 2. The van der Waals surface area contributed by atoms with Gasteiger partial charge in [0.2, 0.25) is 0 Å². The van der Waals surface area contributed by atoms with E-state index in [9.17, 15) is 8.78 Å². The highest BCUT2D eigenvalue weighted by molar-refractivity contribution is 6.31. The summed E-state index contributed by atoms with van der Waals surface area (Å²) in [5.41, 5.74) is 0.628. The zero-order chi connectivity index (χ0) is 14.0. The molecule has 0 atom stereocenters. The maximum Gasteiger partial charge on any atom is 0.198 e. The zero-order valence-corrected chi connectivity index (χ0v) is 10.6. The van der Waals surface area contributed by atoms with E-state index < -0.39 is 17.4 Å². The van der Waals surface area contributed by atoms with E-state index in [1.54, 1.807) is 25.1 Å². The molecule has 0 N–H and O–H groups in total. The molecule has 0 saturated heterocycles. The average molecular weight is 280 g/mol. The Labute approximate surface area is 113 Å². The molecular weight excluding hydrogens is 272 g/mol. The van der Waals surface area contributed by atoms with E-state index in [1.165, 1.54) is 6.07 Å². The van der Waals surface area contributed by atoms with Gasteiger partial charge in [-0.2, -0.15) is 5.26 Å². The van der Waals surface area contributed by atoms with Gasteiger partial charge in [0.15, 0.2) is 17.4 Å². The van der Waals surface area contributed by atoms with Crippen LogP contribution in [-0.2, 0) is 0 Å². The number of hydrogen-bond donors (Lipinski definition) is 0. The van der Waals surface area contributed by atoms with Crippen LogP contribution < -0.4 is 4.74 Å². The minimum absolute atomic E-state index is 0.102. The lowest BCUT2D eigenvalue weighted by molar-refractivity contribution is 0.407. The van der Waals surface area contributed by atoms with Gasteiger partial charge in [-0.3, -0.25) is 0 Å². The van der Waals surface area contributed by atoms with Crippen LogP contribution in [0.5, 0.6) is 11.5 Å². The number of aryl methyl sites for hydroxylation is 1. The molecule has 0 heterocycles. The van der Waals surface area contributed by atoms with Gasteiger partial charge in [0.05, 0.1) is 11.6 Å². The highest BCUT2D eigenvalue weighted by atomic mass is 35.5. The maximum atomic E-state index is 13.6. The van der Waals surface area contributed by atoms with Crippen LogP contribution in [0.3, 0.4) is 0 Å². The first kappa shape index (κ1) is 13.3. The van der Waals surface area contributed by atoms with Gasteiger partial charge < -0.3 is 4.74 Å². The van der Waals surface area contributed by atoms with Gasteiger partial charge in [0.1, 0.15) is 5.75 Å². The third-order valence-electron chi connectivity index (χ3n) is 2.48. The van der Waals surface area contributed by atoms with Gasteiger partial charge in [0.25, 0.3) is 0 Å². The third-order valence-corrected chi connectivity index (χ3v) is 2.90. The summed E-state index contributed by atoms with van der Waals surface area (Å²) in [4.78, 5) is 0. The molecule has 0 amide bonds. The first-order chi connectivity index (χ1) is 9.01. The number of rotatable bonds is 2. The van der Waals surface area contributed by atoms with Crippen molar-refractivity contribution in [3.8, 4) is 17.6 Å². The van der Waals surface area contributed by atoms with Crippen molar-refractivity contribution in [1.29, 1.82) is 5.26 Å². The second-order valence-corrected chi connectivity index (χ2v) is 4.30. The van der Waals surface area contributed by atoms with Crippen molar-refractivity contribution in [1.82, 2.24) is 0 Å². The van der Waals surface area contributed by atoms with Gasteiger partial charge in [-0.05, 0) is 42.8 Å². The fourth-order valence-electron chi connectivity index (χ4n) is 1.52. The molecule has 2 nitrogen and oxygen atoms in total. The molecule has 2 aromatic rings. The summed E-state index contributed by atoms with van der Waals surface area (Å²) in [5, 5.41) is 9.13. The summed E-state index contributed by atoms with van der Waals surface area (Å²) in [6.45, 7) is 1.75. The molecule has 0 radical (unpaired) electrons. The maximum absolute atomic E-state index is 13.6. The van der Waals surface area contributed by atoms with Gasteiger partial charge in [-0.25, -0.2) is 8.78 Å².